The van der Waals surface area contributed by atoms with Gasteiger partial charge in [-0.1, -0.05) is 0 Å². The van der Waals surface area contributed by atoms with Gasteiger partial charge >= 0.3 is 0 Å². The second kappa shape index (κ2) is 10.5. The standard InChI is InChI=1S/C23H29F2N5O2.ClH/c1-14(2)26-22-23(28-20-13-30(15(3)31)11-8-19(20)27-22)29-9-6-17(7-10-29)32-21-5-4-16(24)12-18(21)25;/h4-5,12,14,17H,6-11,13H2,1-3H3,(H,26,27);1H. The summed E-state index contributed by atoms with van der Waals surface area (Å²) in [6.07, 6.45) is 1.88. The molecule has 0 atom stereocenters. The summed E-state index contributed by atoms with van der Waals surface area (Å²) in [5, 5.41) is 3.41. The van der Waals surface area contributed by atoms with Gasteiger partial charge in [0, 0.05) is 57.9 Å². The van der Waals surface area contributed by atoms with Gasteiger partial charge in [0.2, 0.25) is 5.91 Å². The maximum absolute atomic E-state index is 13.9. The van der Waals surface area contributed by atoms with Gasteiger partial charge in [0.1, 0.15) is 11.9 Å². The van der Waals surface area contributed by atoms with E-state index < -0.39 is 11.6 Å². The monoisotopic (exact) mass is 481 g/mol. The summed E-state index contributed by atoms with van der Waals surface area (Å²) >= 11 is 0. The van der Waals surface area contributed by atoms with Crippen molar-refractivity contribution in [1.82, 2.24) is 14.9 Å². The fourth-order valence-corrected chi connectivity index (χ4v) is 4.12. The molecule has 7 nitrogen and oxygen atoms in total. The first kappa shape index (κ1) is 25.0. The largest absolute Gasteiger partial charge is 0.487 e. The van der Waals surface area contributed by atoms with Crippen LogP contribution in [0.1, 0.15) is 45.0 Å². The average Bonchev–Trinajstić information content (AvgIpc) is 2.75. The molecule has 10 heteroatoms. The molecule has 2 aliphatic rings. The van der Waals surface area contributed by atoms with Gasteiger partial charge in [0.15, 0.2) is 23.2 Å². The number of hydrogen-bond donors (Lipinski definition) is 1. The van der Waals surface area contributed by atoms with E-state index in [-0.39, 0.29) is 36.2 Å². The van der Waals surface area contributed by atoms with Crippen LogP contribution in [0.4, 0.5) is 20.4 Å². The molecular weight excluding hydrogens is 452 g/mol. The van der Waals surface area contributed by atoms with Crippen molar-refractivity contribution < 1.29 is 18.3 Å². The number of anilines is 2. The zero-order chi connectivity index (χ0) is 22.8. The fraction of sp³-hybridized carbons (Fsp3) is 0.522. The van der Waals surface area contributed by atoms with Gasteiger partial charge in [0.25, 0.3) is 0 Å². The van der Waals surface area contributed by atoms with Crippen LogP contribution in [0.3, 0.4) is 0 Å². The molecule has 1 aromatic carbocycles. The topological polar surface area (TPSA) is 70.6 Å². The lowest BCUT2D eigenvalue weighted by molar-refractivity contribution is -0.129. The maximum Gasteiger partial charge on any atom is 0.219 e. The molecular formula is C23H30ClF2N5O2. The Hall–Kier alpha value is -2.68. The molecule has 0 bridgehead atoms. The highest BCUT2D eigenvalue weighted by Gasteiger charge is 2.28. The lowest BCUT2D eigenvalue weighted by Crippen LogP contribution is -2.40. The zero-order valence-corrected chi connectivity index (χ0v) is 19.9. The third kappa shape index (κ3) is 5.82. The molecule has 1 fully saturated rings. The summed E-state index contributed by atoms with van der Waals surface area (Å²) in [6.45, 7) is 8.15. The Morgan fingerprint density at radius 3 is 2.52 bits per heavy atom. The van der Waals surface area contributed by atoms with E-state index in [0.29, 0.717) is 45.4 Å². The first-order valence-corrected chi connectivity index (χ1v) is 11.1. The summed E-state index contributed by atoms with van der Waals surface area (Å²) in [5.74, 6) is 0.322. The summed E-state index contributed by atoms with van der Waals surface area (Å²) in [4.78, 5) is 25.6. The molecule has 2 aliphatic heterocycles. The number of amides is 1. The molecule has 0 radical (unpaired) electrons. The highest BCUT2D eigenvalue weighted by atomic mass is 35.5. The second-order valence-electron chi connectivity index (χ2n) is 8.66. The average molecular weight is 482 g/mol. The zero-order valence-electron chi connectivity index (χ0n) is 19.1. The molecule has 1 N–H and O–H groups in total. The normalized spacial score (nSPS) is 16.3. The van der Waals surface area contributed by atoms with Gasteiger partial charge in [-0.25, -0.2) is 18.7 Å². The molecule has 1 saturated heterocycles. The van der Waals surface area contributed by atoms with E-state index in [1.807, 2.05) is 0 Å². The van der Waals surface area contributed by atoms with Crippen molar-refractivity contribution in [3.63, 3.8) is 0 Å². The van der Waals surface area contributed by atoms with Crippen LogP contribution in [-0.4, -0.2) is 52.6 Å². The molecule has 1 aromatic heterocycles. The minimum absolute atomic E-state index is 0. The minimum atomic E-state index is -0.688. The van der Waals surface area contributed by atoms with Crippen molar-refractivity contribution in [1.29, 1.82) is 0 Å². The predicted octanol–water partition coefficient (Wildman–Crippen LogP) is 3.95. The summed E-state index contributed by atoms with van der Waals surface area (Å²) in [7, 11) is 0. The van der Waals surface area contributed by atoms with Gasteiger partial charge in [-0.2, -0.15) is 0 Å². The minimum Gasteiger partial charge on any atom is -0.487 e. The van der Waals surface area contributed by atoms with Crippen LogP contribution in [-0.2, 0) is 17.8 Å². The number of nitrogens with one attached hydrogen (secondary N) is 1. The van der Waals surface area contributed by atoms with Crippen molar-refractivity contribution in [2.24, 2.45) is 0 Å². The number of carbonyl (C=O) groups is 1. The summed E-state index contributed by atoms with van der Waals surface area (Å²) < 4.78 is 32.9. The molecule has 3 heterocycles. The van der Waals surface area contributed by atoms with E-state index in [4.69, 9.17) is 14.7 Å². The van der Waals surface area contributed by atoms with E-state index in [9.17, 15) is 13.6 Å². The number of rotatable bonds is 5. The Morgan fingerprint density at radius 1 is 1.15 bits per heavy atom. The van der Waals surface area contributed by atoms with Gasteiger partial charge < -0.3 is 19.9 Å². The highest BCUT2D eigenvalue weighted by Crippen LogP contribution is 2.30. The van der Waals surface area contributed by atoms with Crippen molar-refractivity contribution in [3.8, 4) is 5.75 Å². The first-order chi connectivity index (χ1) is 15.3. The van der Waals surface area contributed by atoms with Crippen molar-refractivity contribution in [2.45, 2.75) is 58.7 Å². The smallest absolute Gasteiger partial charge is 0.219 e. The number of benzene rings is 1. The lowest BCUT2D eigenvalue weighted by Gasteiger charge is -2.35. The first-order valence-electron chi connectivity index (χ1n) is 11.1. The van der Waals surface area contributed by atoms with Crippen LogP contribution in [0.25, 0.3) is 0 Å². The number of nitrogens with zero attached hydrogens (tertiary/aromatic N) is 4. The summed E-state index contributed by atoms with van der Waals surface area (Å²) in [6, 6.07) is 3.56. The third-order valence-corrected chi connectivity index (χ3v) is 5.79. The molecule has 0 spiro atoms. The van der Waals surface area contributed by atoms with Crippen molar-refractivity contribution in [2.75, 3.05) is 29.9 Å². The quantitative estimate of drug-likeness (QED) is 0.697. The van der Waals surface area contributed by atoms with Crippen LogP contribution < -0.4 is 15.0 Å². The Kier molecular flexibility index (Phi) is 7.94. The third-order valence-electron chi connectivity index (χ3n) is 5.79. The molecule has 2 aromatic rings. The Morgan fingerprint density at radius 2 is 1.88 bits per heavy atom. The van der Waals surface area contributed by atoms with Crippen LogP contribution in [0.15, 0.2) is 18.2 Å². The molecule has 1 amide bonds. The number of piperidine rings is 1. The molecule has 180 valence electrons. The number of ether oxygens (including phenoxy) is 1. The second-order valence-corrected chi connectivity index (χ2v) is 8.66. The molecule has 33 heavy (non-hydrogen) atoms. The predicted molar refractivity (Wildman–Crippen MR) is 125 cm³/mol. The Bertz CT molecular complexity index is 999. The number of fused-ring (bicyclic) bond motifs is 1. The number of carbonyl (C=O) groups excluding carboxylic acids is 1. The van der Waals surface area contributed by atoms with Crippen LogP contribution in [0.2, 0.25) is 0 Å². The van der Waals surface area contributed by atoms with Crippen molar-refractivity contribution >= 4 is 29.9 Å². The molecule has 0 unspecified atom stereocenters. The van der Waals surface area contributed by atoms with Gasteiger partial charge in [0.05, 0.1) is 17.9 Å². The number of aromatic nitrogens is 2. The van der Waals surface area contributed by atoms with Gasteiger partial charge in [-0.15, -0.1) is 12.4 Å². The van der Waals surface area contributed by atoms with E-state index >= 15 is 0 Å². The van der Waals surface area contributed by atoms with Gasteiger partial charge in [-0.05, 0) is 26.0 Å². The SMILES string of the molecule is CC(=O)N1CCc2nc(NC(C)C)c(N3CCC(Oc4ccc(F)cc4F)CC3)nc2C1.Cl. The van der Waals surface area contributed by atoms with Gasteiger partial charge in [-0.3, -0.25) is 4.79 Å². The maximum atomic E-state index is 13.9. The van der Waals surface area contributed by atoms with Crippen LogP contribution in [0.5, 0.6) is 5.75 Å². The molecule has 0 aliphatic carbocycles. The molecule has 0 saturated carbocycles. The summed E-state index contributed by atoms with van der Waals surface area (Å²) in [5.41, 5.74) is 1.77. The van der Waals surface area contributed by atoms with E-state index in [0.717, 1.165) is 29.1 Å². The van der Waals surface area contributed by atoms with Crippen molar-refractivity contribution in [3.05, 3.63) is 41.2 Å². The highest BCUT2D eigenvalue weighted by molar-refractivity contribution is 5.85. The Labute approximate surface area is 198 Å². The number of hydrogen-bond acceptors (Lipinski definition) is 6. The fourth-order valence-electron chi connectivity index (χ4n) is 4.12. The van der Waals surface area contributed by atoms with Crippen LogP contribution >= 0.6 is 12.4 Å². The van der Waals surface area contributed by atoms with E-state index in [1.165, 1.54) is 12.1 Å². The Balaban J connectivity index is 0.00000306. The number of halogens is 3. The van der Waals surface area contributed by atoms with E-state index in [2.05, 4.69) is 24.1 Å². The van der Waals surface area contributed by atoms with Crippen LogP contribution in [0, 0.1) is 11.6 Å². The lowest BCUT2D eigenvalue weighted by atomic mass is 10.1. The molecule has 4 rings (SSSR count). The van der Waals surface area contributed by atoms with E-state index in [1.54, 1.807) is 11.8 Å².